The first kappa shape index (κ1) is 20.0. The predicted octanol–water partition coefficient (Wildman–Crippen LogP) is 3.75. The summed E-state index contributed by atoms with van der Waals surface area (Å²) in [4.78, 5) is 25.3. The second kappa shape index (κ2) is 7.83. The van der Waals surface area contributed by atoms with Gasteiger partial charge in [-0.05, 0) is 31.5 Å². The Morgan fingerprint density at radius 1 is 1.03 bits per heavy atom. The summed E-state index contributed by atoms with van der Waals surface area (Å²) in [5.74, 6) is -1.97. The van der Waals surface area contributed by atoms with Gasteiger partial charge in [0, 0.05) is 24.0 Å². The zero-order valence-corrected chi connectivity index (χ0v) is 16.9. The number of nitrogens with zero attached hydrogens (tertiary/aromatic N) is 4. The largest absolute Gasteiger partial charge is 0.300 e. The summed E-state index contributed by atoms with van der Waals surface area (Å²) in [6.07, 6.45) is 2.96. The Bertz CT molecular complexity index is 1350. The molecule has 6 nitrogen and oxygen atoms in total. The van der Waals surface area contributed by atoms with E-state index >= 15 is 0 Å². The molecule has 0 saturated heterocycles. The smallest absolute Gasteiger partial charge is 0.293 e. The van der Waals surface area contributed by atoms with Gasteiger partial charge in [0.05, 0.1) is 11.4 Å². The molecular formula is C21H16F2N4O2S. The van der Waals surface area contributed by atoms with Gasteiger partial charge in [-0.3, -0.25) is 18.6 Å². The van der Waals surface area contributed by atoms with Crippen LogP contribution in [-0.2, 0) is 0 Å². The van der Waals surface area contributed by atoms with Gasteiger partial charge in [-0.25, -0.2) is 8.78 Å². The molecule has 4 aromatic rings. The van der Waals surface area contributed by atoms with Crippen molar-refractivity contribution in [2.24, 2.45) is 0 Å². The SMILES string of the molecule is Cc1ccc(C(=O)CSc2nnc3c(=O)n(-c4ccc(F)c(F)c4)ccn23)c(C)c1. The van der Waals surface area contributed by atoms with Gasteiger partial charge in [-0.1, -0.05) is 35.5 Å². The number of carbonyl (C=O) groups excluding carboxylic acids is 1. The summed E-state index contributed by atoms with van der Waals surface area (Å²) in [5.41, 5.74) is 2.28. The van der Waals surface area contributed by atoms with E-state index in [1.165, 1.54) is 28.4 Å². The first-order valence-corrected chi connectivity index (χ1v) is 9.99. The van der Waals surface area contributed by atoms with Crippen LogP contribution in [0.4, 0.5) is 8.78 Å². The van der Waals surface area contributed by atoms with E-state index < -0.39 is 17.2 Å². The molecule has 0 radical (unpaired) electrons. The van der Waals surface area contributed by atoms with Crippen molar-refractivity contribution in [3.8, 4) is 5.69 Å². The lowest BCUT2D eigenvalue weighted by atomic mass is 10.0. The Morgan fingerprint density at radius 3 is 2.57 bits per heavy atom. The van der Waals surface area contributed by atoms with Gasteiger partial charge in [-0.2, -0.15) is 0 Å². The molecule has 4 rings (SSSR count). The normalized spacial score (nSPS) is 11.2. The fraction of sp³-hybridized carbons (Fsp3) is 0.143. The first-order valence-electron chi connectivity index (χ1n) is 9.00. The Balaban J connectivity index is 1.61. The molecule has 9 heteroatoms. The highest BCUT2D eigenvalue weighted by Gasteiger charge is 2.16. The molecule has 0 N–H and O–H groups in total. The van der Waals surface area contributed by atoms with Gasteiger partial charge < -0.3 is 0 Å². The number of thioether (sulfide) groups is 1. The maximum atomic E-state index is 13.5. The van der Waals surface area contributed by atoms with Crippen LogP contribution < -0.4 is 5.56 Å². The fourth-order valence-corrected chi connectivity index (χ4v) is 3.94. The van der Waals surface area contributed by atoms with Gasteiger partial charge >= 0.3 is 5.56 Å². The van der Waals surface area contributed by atoms with Gasteiger partial charge in [0.25, 0.3) is 0 Å². The van der Waals surface area contributed by atoms with E-state index in [9.17, 15) is 18.4 Å². The average molecular weight is 426 g/mol. The number of hydrogen-bond acceptors (Lipinski definition) is 5. The van der Waals surface area contributed by atoms with Gasteiger partial charge in [0.1, 0.15) is 0 Å². The third kappa shape index (κ3) is 3.63. The minimum atomic E-state index is -1.05. The van der Waals surface area contributed by atoms with Crippen LogP contribution in [-0.4, -0.2) is 30.7 Å². The van der Waals surface area contributed by atoms with Crippen molar-refractivity contribution >= 4 is 23.2 Å². The standard InChI is InChI=1S/C21H16F2N4O2S/c1-12-3-5-15(13(2)9-12)18(28)11-30-21-25-24-19-20(29)26(7-8-27(19)21)14-4-6-16(22)17(23)10-14/h3-10H,11H2,1-2H3. The van der Waals surface area contributed by atoms with Crippen LogP contribution in [0.1, 0.15) is 21.5 Å². The third-order valence-electron chi connectivity index (χ3n) is 4.64. The molecule has 2 heterocycles. The number of ketones is 1. The predicted molar refractivity (Wildman–Crippen MR) is 109 cm³/mol. The van der Waals surface area contributed by atoms with Gasteiger partial charge in [0.2, 0.25) is 5.65 Å². The van der Waals surface area contributed by atoms with Crippen LogP contribution in [0.15, 0.2) is 58.7 Å². The summed E-state index contributed by atoms with van der Waals surface area (Å²) in [5, 5.41) is 8.29. The van der Waals surface area contributed by atoms with Crippen molar-refractivity contribution in [2.75, 3.05) is 5.75 Å². The highest BCUT2D eigenvalue weighted by Crippen LogP contribution is 2.20. The molecular weight excluding hydrogens is 410 g/mol. The van der Waals surface area contributed by atoms with E-state index in [1.807, 2.05) is 26.0 Å². The number of hydrogen-bond donors (Lipinski definition) is 0. The molecule has 0 aliphatic rings. The number of halogens is 2. The van der Waals surface area contributed by atoms with Crippen molar-refractivity contribution in [3.05, 3.63) is 87.5 Å². The summed E-state index contributed by atoms with van der Waals surface area (Å²) >= 11 is 1.17. The number of carbonyl (C=O) groups is 1. The summed E-state index contributed by atoms with van der Waals surface area (Å²) in [7, 11) is 0. The van der Waals surface area contributed by atoms with Crippen LogP contribution >= 0.6 is 11.8 Å². The van der Waals surface area contributed by atoms with Crippen molar-refractivity contribution < 1.29 is 13.6 Å². The van der Waals surface area contributed by atoms with Crippen LogP contribution in [0.2, 0.25) is 0 Å². The maximum Gasteiger partial charge on any atom is 0.300 e. The van der Waals surface area contributed by atoms with Crippen molar-refractivity contribution in [3.63, 3.8) is 0 Å². The van der Waals surface area contributed by atoms with Crippen molar-refractivity contribution in [2.45, 2.75) is 19.0 Å². The van der Waals surface area contributed by atoms with E-state index in [0.717, 1.165) is 27.8 Å². The molecule has 0 aliphatic heterocycles. The topological polar surface area (TPSA) is 69.3 Å². The zero-order valence-electron chi connectivity index (χ0n) is 16.1. The average Bonchev–Trinajstić information content (AvgIpc) is 3.12. The van der Waals surface area contributed by atoms with E-state index in [-0.39, 0.29) is 22.9 Å². The lowest BCUT2D eigenvalue weighted by molar-refractivity contribution is 0.102. The number of rotatable bonds is 5. The minimum absolute atomic E-state index is 0.0173. The first-order chi connectivity index (χ1) is 14.3. The third-order valence-corrected chi connectivity index (χ3v) is 5.58. The Kier molecular flexibility index (Phi) is 5.21. The Morgan fingerprint density at radius 2 is 1.83 bits per heavy atom. The lowest BCUT2D eigenvalue weighted by Gasteiger charge is -2.07. The van der Waals surface area contributed by atoms with Crippen molar-refractivity contribution in [1.82, 2.24) is 19.2 Å². The van der Waals surface area contributed by atoms with Crippen LogP contribution in [0, 0.1) is 25.5 Å². The number of aromatic nitrogens is 4. The Labute approximate surface area is 174 Å². The minimum Gasteiger partial charge on any atom is -0.293 e. The van der Waals surface area contributed by atoms with E-state index in [1.54, 1.807) is 12.3 Å². The summed E-state index contributed by atoms with van der Waals surface area (Å²) in [6.45, 7) is 3.85. The highest BCUT2D eigenvalue weighted by molar-refractivity contribution is 7.99. The summed E-state index contributed by atoms with van der Waals surface area (Å²) < 4.78 is 29.3. The van der Waals surface area contributed by atoms with E-state index in [0.29, 0.717) is 10.7 Å². The molecule has 0 unspecified atom stereocenters. The molecule has 0 spiro atoms. The van der Waals surface area contributed by atoms with Crippen LogP contribution in [0.3, 0.4) is 0 Å². The van der Waals surface area contributed by atoms with Crippen molar-refractivity contribution in [1.29, 1.82) is 0 Å². The second-order valence-corrected chi connectivity index (χ2v) is 7.72. The monoisotopic (exact) mass is 426 g/mol. The molecule has 0 aliphatic carbocycles. The maximum absolute atomic E-state index is 13.5. The number of Topliss-reactive ketones (excluding diaryl/α,β-unsaturated/α-hetero) is 1. The lowest BCUT2D eigenvalue weighted by Crippen LogP contribution is -2.20. The second-order valence-electron chi connectivity index (χ2n) is 6.78. The molecule has 0 atom stereocenters. The van der Waals surface area contributed by atoms with Gasteiger partial charge in [-0.15, -0.1) is 10.2 Å². The van der Waals surface area contributed by atoms with Crippen LogP contribution in [0.5, 0.6) is 0 Å². The van der Waals surface area contributed by atoms with E-state index in [4.69, 9.17) is 0 Å². The molecule has 2 aromatic carbocycles. The number of aryl methyl sites for hydroxylation is 2. The quantitative estimate of drug-likeness (QED) is 0.359. The number of fused-ring (bicyclic) bond motifs is 1. The Hall–Kier alpha value is -3.33. The zero-order chi connectivity index (χ0) is 21.4. The molecule has 152 valence electrons. The number of benzene rings is 2. The highest BCUT2D eigenvalue weighted by atomic mass is 32.2. The molecule has 0 saturated carbocycles. The van der Waals surface area contributed by atoms with E-state index in [2.05, 4.69) is 10.2 Å². The van der Waals surface area contributed by atoms with Gasteiger partial charge in [0.15, 0.2) is 22.6 Å². The molecule has 2 aromatic heterocycles. The molecule has 0 amide bonds. The van der Waals surface area contributed by atoms with Crippen LogP contribution in [0.25, 0.3) is 11.3 Å². The molecule has 30 heavy (non-hydrogen) atoms. The summed E-state index contributed by atoms with van der Waals surface area (Å²) in [6, 6.07) is 8.82. The molecule has 0 bridgehead atoms. The fourth-order valence-electron chi connectivity index (χ4n) is 3.14. The molecule has 0 fully saturated rings.